The average molecular weight is 304 g/mol. The van der Waals surface area contributed by atoms with Gasteiger partial charge in [-0.1, -0.05) is 17.7 Å². The van der Waals surface area contributed by atoms with E-state index in [0.29, 0.717) is 17.3 Å². The fourth-order valence-electron chi connectivity index (χ4n) is 2.07. The molecule has 0 aliphatic heterocycles. The predicted molar refractivity (Wildman–Crippen MR) is 86.4 cm³/mol. The number of hydrogen-bond acceptors (Lipinski definition) is 4. The second kappa shape index (κ2) is 7.38. The third-order valence-electron chi connectivity index (χ3n) is 3.19. The highest BCUT2D eigenvalue weighted by atomic mass is 32.2. The van der Waals surface area contributed by atoms with Crippen molar-refractivity contribution in [2.45, 2.75) is 17.9 Å². The van der Waals surface area contributed by atoms with Crippen LogP contribution in [0.15, 0.2) is 47.4 Å². The van der Waals surface area contributed by atoms with Gasteiger partial charge in [0.2, 0.25) is 0 Å². The van der Waals surface area contributed by atoms with E-state index in [0.717, 1.165) is 10.5 Å². The molecule has 4 heteroatoms. The van der Waals surface area contributed by atoms with Gasteiger partial charge in [-0.3, -0.25) is 0 Å². The van der Waals surface area contributed by atoms with E-state index in [1.807, 2.05) is 30.3 Å². The lowest BCUT2D eigenvalue weighted by atomic mass is 10.1. The zero-order chi connectivity index (χ0) is 15.2. The molecule has 112 valence electrons. The molecule has 2 aromatic carbocycles. The third-order valence-corrected chi connectivity index (χ3v) is 4.26. The Labute approximate surface area is 129 Å². The minimum atomic E-state index is -0.611. The third kappa shape index (κ3) is 4.16. The molecule has 1 atom stereocenters. The van der Waals surface area contributed by atoms with E-state index in [4.69, 9.17) is 9.47 Å². The largest absolute Gasteiger partial charge is 0.497 e. The number of aliphatic hydroxyl groups excluding tert-OH is 1. The van der Waals surface area contributed by atoms with Crippen LogP contribution >= 0.6 is 11.8 Å². The van der Waals surface area contributed by atoms with Gasteiger partial charge in [0.25, 0.3) is 0 Å². The minimum Gasteiger partial charge on any atom is -0.497 e. The molecule has 0 spiro atoms. The van der Waals surface area contributed by atoms with Crippen molar-refractivity contribution < 1.29 is 14.6 Å². The molecular formula is C17H20O3S. The van der Waals surface area contributed by atoms with Crippen LogP contribution in [0.3, 0.4) is 0 Å². The average Bonchev–Trinajstić information content (AvgIpc) is 2.52. The van der Waals surface area contributed by atoms with Gasteiger partial charge in [0.05, 0.1) is 20.3 Å². The van der Waals surface area contributed by atoms with Crippen LogP contribution < -0.4 is 9.47 Å². The van der Waals surface area contributed by atoms with Crippen LogP contribution in [0.25, 0.3) is 0 Å². The van der Waals surface area contributed by atoms with Crippen LogP contribution in [0.4, 0.5) is 0 Å². The molecule has 2 aromatic rings. The smallest absolute Gasteiger partial charge is 0.124 e. The van der Waals surface area contributed by atoms with Crippen molar-refractivity contribution in [3.8, 4) is 11.5 Å². The monoisotopic (exact) mass is 304 g/mol. The summed E-state index contributed by atoms with van der Waals surface area (Å²) in [4.78, 5) is 1.15. The van der Waals surface area contributed by atoms with E-state index in [9.17, 15) is 5.11 Å². The van der Waals surface area contributed by atoms with Crippen molar-refractivity contribution in [2.75, 3.05) is 20.0 Å². The van der Waals surface area contributed by atoms with E-state index in [1.165, 1.54) is 5.56 Å². The van der Waals surface area contributed by atoms with Crippen LogP contribution in [0.1, 0.15) is 17.2 Å². The highest BCUT2D eigenvalue weighted by Gasteiger charge is 2.15. The summed E-state index contributed by atoms with van der Waals surface area (Å²) in [5, 5.41) is 10.4. The molecular weight excluding hydrogens is 284 g/mol. The Hall–Kier alpha value is -1.65. The van der Waals surface area contributed by atoms with Gasteiger partial charge in [-0.15, -0.1) is 11.8 Å². The maximum atomic E-state index is 10.4. The van der Waals surface area contributed by atoms with Crippen LogP contribution in [0.5, 0.6) is 11.5 Å². The zero-order valence-corrected chi connectivity index (χ0v) is 13.3. The Balaban J connectivity index is 2.10. The molecule has 0 aliphatic carbocycles. The summed E-state index contributed by atoms with van der Waals surface area (Å²) < 4.78 is 10.5. The number of hydrogen-bond donors (Lipinski definition) is 1. The van der Waals surface area contributed by atoms with E-state index >= 15 is 0 Å². The normalized spacial score (nSPS) is 12.0. The van der Waals surface area contributed by atoms with Crippen LogP contribution in [-0.4, -0.2) is 25.1 Å². The van der Waals surface area contributed by atoms with Gasteiger partial charge < -0.3 is 14.6 Å². The Kier molecular flexibility index (Phi) is 5.53. The van der Waals surface area contributed by atoms with Gasteiger partial charge in [-0.25, -0.2) is 0 Å². The molecule has 0 saturated heterocycles. The number of ether oxygens (including phenoxy) is 2. The van der Waals surface area contributed by atoms with Gasteiger partial charge in [-0.2, -0.15) is 0 Å². The second-order valence-electron chi connectivity index (χ2n) is 4.75. The molecule has 0 aromatic heterocycles. The first-order chi connectivity index (χ1) is 10.1. The molecule has 0 bridgehead atoms. The molecule has 1 unspecified atom stereocenters. The summed E-state index contributed by atoms with van der Waals surface area (Å²) in [6.07, 6.45) is -0.611. The van der Waals surface area contributed by atoms with E-state index in [1.54, 1.807) is 26.0 Å². The van der Waals surface area contributed by atoms with Gasteiger partial charge in [-0.05, 0) is 37.3 Å². The molecule has 0 heterocycles. The molecule has 1 N–H and O–H groups in total. The molecule has 0 saturated carbocycles. The lowest BCUT2D eigenvalue weighted by molar-refractivity contribution is 0.198. The maximum absolute atomic E-state index is 10.4. The summed E-state index contributed by atoms with van der Waals surface area (Å²) in [5.41, 5.74) is 1.96. The first-order valence-electron chi connectivity index (χ1n) is 6.73. The molecule has 21 heavy (non-hydrogen) atoms. The van der Waals surface area contributed by atoms with Crippen molar-refractivity contribution >= 4 is 11.8 Å². The van der Waals surface area contributed by atoms with Crippen molar-refractivity contribution in [1.29, 1.82) is 0 Å². The fourth-order valence-corrected chi connectivity index (χ4v) is 3.04. The molecule has 0 radical (unpaired) electrons. The number of aliphatic hydroxyl groups is 1. The number of methoxy groups -OCH3 is 2. The van der Waals surface area contributed by atoms with Gasteiger partial charge in [0.15, 0.2) is 0 Å². The number of rotatable bonds is 6. The number of benzene rings is 2. The van der Waals surface area contributed by atoms with Gasteiger partial charge >= 0.3 is 0 Å². The van der Waals surface area contributed by atoms with Crippen LogP contribution in [0, 0.1) is 6.92 Å². The number of thioether (sulfide) groups is 1. The summed E-state index contributed by atoms with van der Waals surface area (Å²) in [5.74, 6) is 1.95. The van der Waals surface area contributed by atoms with Crippen LogP contribution in [-0.2, 0) is 0 Å². The van der Waals surface area contributed by atoms with Crippen molar-refractivity contribution in [1.82, 2.24) is 0 Å². The van der Waals surface area contributed by atoms with E-state index < -0.39 is 6.10 Å². The first kappa shape index (κ1) is 15.7. The standard InChI is InChI=1S/C17H20O3S/c1-12-5-4-6-14(9-12)21-11-16(18)15-10-13(19-2)7-8-17(15)20-3/h4-10,16,18H,11H2,1-3H3. The second-order valence-corrected chi connectivity index (χ2v) is 5.84. The van der Waals surface area contributed by atoms with Gasteiger partial charge in [0.1, 0.15) is 11.5 Å². The van der Waals surface area contributed by atoms with E-state index in [2.05, 4.69) is 19.1 Å². The molecule has 3 nitrogen and oxygen atoms in total. The Morgan fingerprint density at radius 3 is 2.57 bits per heavy atom. The SMILES string of the molecule is COc1ccc(OC)c(C(O)CSc2cccc(C)c2)c1. The maximum Gasteiger partial charge on any atom is 0.124 e. The highest BCUT2D eigenvalue weighted by Crippen LogP contribution is 2.32. The van der Waals surface area contributed by atoms with Crippen molar-refractivity contribution in [3.63, 3.8) is 0 Å². The van der Waals surface area contributed by atoms with E-state index in [-0.39, 0.29) is 0 Å². The molecule has 0 amide bonds. The Morgan fingerprint density at radius 1 is 1.10 bits per heavy atom. The Morgan fingerprint density at radius 2 is 1.90 bits per heavy atom. The predicted octanol–water partition coefficient (Wildman–Crippen LogP) is 3.84. The lowest BCUT2D eigenvalue weighted by Crippen LogP contribution is -2.04. The first-order valence-corrected chi connectivity index (χ1v) is 7.72. The van der Waals surface area contributed by atoms with Crippen molar-refractivity contribution in [3.05, 3.63) is 53.6 Å². The summed E-state index contributed by atoms with van der Waals surface area (Å²) in [6.45, 7) is 2.06. The van der Waals surface area contributed by atoms with Crippen LogP contribution in [0.2, 0.25) is 0 Å². The molecule has 0 aliphatic rings. The van der Waals surface area contributed by atoms with Crippen molar-refractivity contribution in [2.24, 2.45) is 0 Å². The molecule has 2 rings (SSSR count). The summed E-state index contributed by atoms with van der Waals surface area (Å²) >= 11 is 1.62. The highest BCUT2D eigenvalue weighted by molar-refractivity contribution is 7.99. The lowest BCUT2D eigenvalue weighted by Gasteiger charge is -2.16. The summed E-state index contributed by atoms with van der Waals surface area (Å²) in [7, 11) is 3.21. The number of aryl methyl sites for hydroxylation is 1. The summed E-state index contributed by atoms with van der Waals surface area (Å²) in [6, 6.07) is 13.7. The Bertz CT molecular complexity index is 598. The molecule has 0 fully saturated rings. The topological polar surface area (TPSA) is 38.7 Å². The fraction of sp³-hybridized carbons (Fsp3) is 0.294. The zero-order valence-electron chi connectivity index (χ0n) is 12.5. The van der Waals surface area contributed by atoms with Gasteiger partial charge in [0, 0.05) is 16.2 Å². The minimum absolute atomic E-state index is 0.562. The quantitative estimate of drug-likeness (QED) is 0.823.